The van der Waals surface area contributed by atoms with Gasteiger partial charge in [-0.25, -0.2) is 4.98 Å². The van der Waals surface area contributed by atoms with Crippen LogP contribution in [-0.2, 0) is 37.3 Å². The summed E-state index contributed by atoms with van der Waals surface area (Å²) in [6.07, 6.45) is 3.00. The lowest BCUT2D eigenvalue weighted by Gasteiger charge is -2.44. The zero-order chi connectivity index (χ0) is 34.7. The van der Waals surface area contributed by atoms with Crippen LogP contribution in [-0.4, -0.2) is 87.1 Å². The van der Waals surface area contributed by atoms with Gasteiger partial charge >= 0.3 is 6.18 Å². The predicted molar refractivity (Wildman–Crippen MR) is 185 cm³/mol. The normalized spacial score (nSPS) is 18.5. The largest absolute Gasteiger partial charge is 0.435 e. The standard InChI is InChI=1S/C37H39F3N8O2/c1-4-24-14-30-32(13-23(2)42-34(30)33(17-24)47-10-9-46-11-12-50-21-26(46)19-47)48-7-5-27-28(31-20-44(3)43-35(31)37(38,39)40)15-25(16-29(27)36(48)49)18-45-8-6-41-22-45/h6,8,13-17,20,22,26H,4-5,7,9-12,18-19,21H2,1-3H3/t26-/m0/s1. The number of rotatable bonds is 6. The van der Waals surface area contributed by atoms with Crippen LogP contribution >= 0.6 is 0 Å². The molecular formula is C37H39F3N8O2. The highest BCUT2D eigenvalue weighted by atomic mass is 19.4. The number of benzene rings is 2. The van der Waals surface area contributed by atoms with Gasteiger partial charge < -0.3 is 19.1 Å². The summed E-state index contributed by atoms with van der Waals surface area (Å²) in [4.78, 5) is 30.6. The Morgan fingerprint density at radius 2 is 1.82 bits per heavy atom. The number of halogens is 3. The van der Waals surface area contributed by atoms with Gasteiger partial charge in [-0.3, -0.25) is 19.4 Å². The van der Waals surface area contributed by atoms with Gasteiger partial charge in [0.1, 0.15) is 0 Å². The Hall–Kier alpha value is -4.75. The monoisotopic (exact) mass is 684 g/mol. The number of carbonyl (C=O) groups is 1. The summed E-state index contributed by atoms with van der Waals surface area (Å²) in [7, 11) is 1.48. The molecule has 3 aromatic heterocycles. The van der Waals surface area contributed by atoms with E-state index in [9.17, 15) is 18.0 Å². The van der Waals surface area contributed by atoms with Crippen molar-refractivity contribution in [3.05, 3.63) is 88.9 Å². The lowest BCUT2D eigenvalue weighted by atomic mass is 9.87. The number of piperazine rings is 1. The second-order valence-electron chi connectivity index (χ2n) is 13.5. The zero-order valence-electron chi connectivity index (χ0n) is 28.4. The number of fused-ring (bicyclic) bond motifs is 3. The van der Waals surface area contributed by atoms with Crippen LogP contribution in [0.25, 0.3) is 22.0 Å². The van der Waals surface area contributed by atoms with Crippen LogP contribution in [0, 0.1) is 6.92 Å². The number of hydrogen-bond donors (Lipinski definition) is 0. The number of alkyl halides is 3. The average Bonchev–Trinajstić information content (AvgIpc) is 3.77. The average molecular weight is 685 g/mol. The van der Waals surface area contributed by atoms with Crippen LogP contribution < -0.4 is 9.80 Å². The van der Waals surface area contributed by atoms with E-state index in [1.165, 1.54) is 17.9 Å². The first-order valence-electron chi connectivity index (χ1n) is 17.1. The third-order valence-corrected chi connectivity index (χ3v) is 10.2. The van der Waals surface area contributed by atoms with Gasteiger partial charge in [0.05, 0.1) is 42.5 Å². The molecule has 0 aliphatic carbocycles. The number of pyridine rings is 1. The SMILES string of the molecule is CCc1cc(N2CCN3CCOC[C@@H]3C2)c2nc(C)cc(N3CCc4c(cc(Cn5ccnc5)cc4-c4cn(C)nc4C(F)(F)F)C3=O)c2c1. The van der Waals surface area contributed by atoms with Crippen molar-refractivity contribution in [2.45, 2.75) is 45.5 Å². The summed E-state index contributed by atoms with van der Waals surface area (Å²) in [5.41, 5.74) is 5.66. The number of aromatic nitrogens is 5. The van der Waals surface area contributed by atoms with Crippen molar-refractivity contribution >= 4 is 28.2 Å². The summed E-state index contributed by atoms with van der Waals surface area (Å²) in [5.74, 6) is -0.249. The number of ether oxygens (including phenoxy) is 1. The summed E-state index contributed by atoms with van der Waals surface area (Å²) in [5, 5.41) is 4.68. The van der Waals surface area contributed by atoms with Gasteiger partial charge in [-0.05, 0) is 72.4 Å². The smallest absolute Gasteiger partial charge is 0.378 e. The second-order valence-corrected chi connectivity index (χ2v) is 13.5. The molecule has 2 aromatic carbocycles. The van der Waals surface area contributed by atoms with Crippen molar-refractivity contribution in [1.82, 2.24) is 29.2 Å². The molecule has 5 aromatic rings. The zero-order valence-corrected chi connectivity index (χ0v) is 28.4. The molecule has 6 heterocycles. The number of anilines is 2. The molecule has 3 aliphatic heterocycles. The number of carbonyl (C=O) groups excluding carboxylic acids is 1. The Kier molecular flexibility index (Phi) is 8.14. The van der Waals surface area contributed by atoms with E-state index in [1.807, 2.05) is 23.6 Å². The summed E-state index contributed by atoms with van der Waals surface area (Å²) >= 11 is 0. The Balaban J connectivity index is 1.24. The molecular weight excluding hydrogens is 645 g/mol. The van der Waals surface area contributed by atoms with Crippen LogP contribution in [0.4, 0.5) is 24.5 Å². The number of nitrogens with zero attached hydrogens (tertiary/aromatic N) is 8. The molecule has 1 atom stereocenters. The molecule has 0 bridgehead atoms. The summed E-state index contributed by atoms with van der Waals surface area (Å²) in [6.45, 7) is 9.78. The van der Waals surface area contributed by atoms with Gasteiger partial charge in [-0.1, -0.05) is 6.92 Å². The van der Waals surface area contributed by atoms with Gasteiger partial charge in [0.15, 0.2) is 5.69 Å². The van der Waals surface area contributed by atoms with Crippen molar-refractivity contribution < 1.29 is 22.7 Å². The molecule has 1 amide bonds. The van der Waals surface area contributed by atoms with Crippen LogP contribution in [0.3, 0.4) is 0 Å². The highest BCUT2D eigenvalue weighted by molar-refractivity contribution is 6.14. The van der Waals surface area contributed by atoms with Crippen molar-refractivity contribution in [3.63, 3.8) is 0 Å². The van der Waals surface area contributed by atoms with E-state index in [-0.39, 0.29) is 11.5 Å². The number of imidazole rings is 1. The molecule has 2 saturated heterocycles. The molecule has 260 valence electrons. The lowest BCUT2D eigenvalue weighted by Crippen LogP contribution is -2.58. The quantitative estimate of drug-likeness (QED) is 0.234. The fourth-order valence-corrected chi connectivity index (χ4v) is 7.82. The first-order chi connectivity index (χ1) is 24.1. The van der Waals surface area contributed by atoms with E-state index in [0.29, 0.717) is 54.4 Å². The minimum atomic E-state index is -4.66. The molecule has 0 radical (unpaired) electrons. The molecule has 2 fully saturated rings. The number of hydrogen-bond acceptors (Lipinski definition) is 7. The fraction of sp³-hybridized carbons (Fsp3) is 0.405. The van der Waals surface area contributed by atoms with Crippen LogP contribution in [0.5, 0.6) is 0 Å². The van der Waals surface area contributed by atoms with E-state index in [4.69, 9.17) is 9.72 Å². The van der Waals surface area contributed by atoms with Gasteiger partial charge in [-0.2, -0.15) is 18.3 Å². The Bertz CT molecular complexity index is 2090. The Morgan fingerprint density at radius 1 is 0.980 bits per heavy atom. The van der Waals surface area contributed by atoms with Crippen molar-refractivity contribution in [3.8, 4) is 11.1 Å². The lowest BCUT2D eigenvalue weighted by molar-refractivity contribution is -0.141. The highest BCUT2D eigenvalue weighted by Gasteiger charge is 2.39. The molecule has 50 heavy (non-hydrogen) atoms. The Morgan fingerprint density at radius 3 is 2.60 bits per heavy atom. The maximum Gasteiger partial charge on any atom is 0.435 e. The summed E-state index contributed by atoms with van der Waals surface area (Å²) < 4.78 is 51.6. The van der Waals surface area contributed by atoms with E-state index >= 15 is 0 Å². The third kappa shape index (κ3) is 5.81. The van der Waals surface area contributed by atoms with Gasteiger partial charge in [0.25, 0.3) is 5.91 Å². The number of aryl methyl sites for hydroxylation is 3. The molecule has 0 N–H and O–H groups in total. The van der Waals surface area contributed by atoms with Gasteiger partial charge in [-0.15, -0.1) is 0 Å². The number of amides is 1. The minimum absolute atomic E-state index is 0.0316. The van der Waals surface area contributed by atoms with E-state index in [1.54, 1.807) is 29.7 Å². The molecule has 0 spiro atoms. The maximum absolute atomic E-state index is 14.7. The van der Waals surface area contributed by atoms with Crippen LogP contribution in [0.1, 0.15) is 45.4 Å². The maximum atomic E-state index is 14.7. The minimum Gasteiger partial charge on any atom is -0.378 e. The third-order valence-electron chi connectivity index (χ3n) is 10.2. The Labute approximate surface area is 288 Å². The molecule has 10 nitrogen and oxygen atoms in total. The molecule has 0 unspecified atom stereocenters. The molecule has 0 saturated carbocycles. The second kappa shape index (κ2) is 12.5. The molecule has 13 heteroatoms. The molecule has 3 aliphatic rings. The first-order valence-corrected chi connectivity index (χ1v) is 17.1. The topological polar surface area (TPSA) is 84.6 Å². The van der Waals surface area contributed by atoms with Crippen molar-refractivity contribution in [2.24, 2.45) is 7.05 Å². The van der Waals surface area contributed by atoms with E-state index in [0.717, 1.165) is 72.7 Å². The van der Waals surface area contributed by atoms with Gasteiger partial charge in [0.2, 0.25) is 0 Å². The van der Waals surface area contributed by atoms with Crippen LogP contribution in [0.15, 0.2) is 55.2 Å². The summed E-state index contributed by atoms with van der Waals surface area (Å²) in [6, 6.07) is 10.2. The predicted octanol–water partition coefficient (Wildman–Crippen LogP) is 5.49. The fourth-order valence-electron chi connectivity index (χ4n) is 7.82. The molecule has 8 rings (SSSR count). The first kappa shape index (κ1) is 32.5. The van der Waals surface area contributed by atoms with E-state index < -0.39 is 11.9 Å². The highest BCUT2D eigenvalue weighted by Crippen LogP contribution is 2.42. The van der Waals surface area contributed by atoms with Crippen molar-refractivity contribution in [2.75, 3.05) is 55.7 Å². The van der Waals surface area contributed by atoms with E-state index in [2.05, 4.69) is 38.9 Å². The van der Waals surface area contributed by atoms with Gasteiger partial charge in [0, 0.05) is 87.1 Å². The van der Waals surface area contributed by atoms with Crippen molar-refractivity contribution in [1.29, 1.82) is 0 Å². The number of morpholine rings is 1. The van der Waals surface area contributed by atoms with Crippen LogP contribution in [0.2, 0.25) is 0 Å².